The molecule has 0 unspecified atom stereocenters. The summed E-state index contributed by atoms with van der Waals surface area (Å²) in [6.07, 6.45) is 4.45. The number of piperidine rings is 1. The Balaban J connectivity index is 1.79. The van der Waals surface area contributed by atoms with Gasteiger partial charge < -0.3 is 10.1 Å². The van der Waals surface area contributed by atoms with Gasteiger partial charge in [0.25, 0.3) is 0 Å². The highest BCUT2D eigenvalue weighted by Gasteiger charge is 2.50. The third-order valence-electron chi connectivity index (χ3n) is 7.08. The Bertz CT molecular complexity index is 1150. The highest BCUT2D eigenvalue weighted by Crippen LogP contribution is 2.45. The molecule has 0 spiro atoms. The summed E-state index contributed by atoms with van der Waals surface area (Å²) in [5.74, 6) is -3.12. The number of likely N-dealkylation sites (tertiary alicyclic amines) is 1. The molecule has 1 aliphatic heterocycles. The zero-order valence-corrected chi connectivity index (χ0v) is 18.7. The van der Waals surface area contributed by atoms with Crippen LogP contribution in [0.3, 0.4) is 0 Å². The molecule has 32 heavy (non-hydrogen) atoms. The highest BCUT2D eigenvalue weighted by atomic mass is 19.1. The summed E-state index contributed by atoms with van der Waals surface area (Å²) >= 11 is 0. The molecule has 1 aromatic carbocycles. The van der Waals surface area contributed by atoms with Crippen LogP contribution in [0.4, 0.5) is 13.2 Å². The lowest BCUT2D eigenvalue weighted by Gasteiger charge is -2.52. The van der Waals surface area contributed by atoms with Crippen LogP contribution in [0.15, 0.2) is 43.2 Å². The molecule has 1 fully saturated rings. The fourth-order valence-corrected chi connectivity index (χ4v) is 4.96. The van der Waals surface area contributed by atoms with E-state index in [0.717, 1.165) is 18.3 Å². The van der Waals surface area contributed by atoms with Crippen LogP contribution in [0.2, 0.25) is 0 Å². The zero-order chi connectivity index (χ0) is 23.4. The number of halogens is 3. The maximum Gasteiger partial charge on any atom is 0.150 e. The number of aromatic amines is 1. The van der Waals surface area contributed by atoms with Crippen molar-refractivity contribution in [3.05, 3.63) is 66.3 Å². The Morgan fingerprint density at radius 3 is 2.31 bits per heavy atom. The van der Waals surface area contributed by atoms with Gasteiger partial charge in [-0.2, -0.15) is 0 Å². The Kier molecular flexibility index (Phi) is 5.46. The van der Waals surface area contributed by atoms with Crippen molar-refractivity contribution in [2.24, 2.45) is 11.8 Å². The number of pyridine rings is 1. The van der Waals surface area contributed by atoms with Gasteiger partial charge in [-0.05, 0) is 43.2 Å². The molecule has 3 atom stereocenters. The number of benzene rings is 1. The van der Waals surface area contributed by atoms with Crippen molar-refractivity contribution in [1.29, 1.82) is 0 Å². The van der Waals surface area contributed by atoms with Crippen molar-refractivity contribution in [3.8, 4) is 11.1 Å². The highest BCUT2D eigenvalue weighted by molar-refractivity contribution is 5.93. The topological polar surface area (TPSA) is 52.1 Å². The number of H-pyrrole nitrogens is 1. The third-order valence-corrected chi connectivity index (χ3v) is 7.08. The molecular formula is C25H28F3N3O. The van der Waals surface area contributed by atoms with E-state index in [2.05, 4.69) is 21.4 Å². The SMILES string of the molecule is C=CC(C)(C)N1C[C@@H](C)[C@](O)(c2c(F)cc(-c3ccnc4[nH]cc(F)c34)cc2F)[C@@H](C)C1. The molecule has 2 N–H and O–H groups in total. The van der Waals surface area contributed by atoms with E-state index in [1.807, 2.05) is 19.9 Å². The van der Waals surface area contributed by atoms with Crippen LogP contribution in [0.1, 0.15) is 33.3 Å². The van der Waals surface area contributed by atoms with Crippen molar-refractivity contribution >= 4 is 11.0 Å². The summed E-state index contributed by atoms with van der Waals surface area (Å²) in [6.45, 7) is 12.5. The smallest absolute Gasteiger partial charge is 0.150 e. The first-order valence-corrected chi connectivity index (χ1v) is 10.7. The minimum atomic E-state index is -1.69. The van der Waals surface area contributed by atoms with E-state index in [9.17, 15) is 9.50 Å². The molecular weight excluding hydrogens is 415 g/mol. The average Bonchev–Trinajstić information content (AvgIpc) is 3.12. The fourth-order valence-electron chi connectivity index (χ4n) is 4.96. The van der Waals surface area contributed by atoms with Gasteiger partial charge in [0.2, 0.25) is 0 Å². The number of nitrogens with one attached hydrogen (secondary N) is 1. The normalized spacial score (nSPS) is 24.8. The third kappa shape index (κ3) is 3.35. The second-order valence-corrected chi connectivity index (χ2v) is 9.42. The zero-order valence-electron chi connectivity index (χ0n) is 18.7. The van der Waals surface area contributed by atoms with Gasteiger partial charge in [-0.3, -0.25) is 4.90 Å². The molecule has 0 radical (unpaired) electrons. The first-order chi connectivity index (χ1) is 15.0. The van der Waals surface area contributed by atoms with Crippen LogP contribution in [0.5, 0.6) is 0 Å². The van der Waals surface area contributed by atoms with Crippen molar-refractivity contribution in [2.75, 3.05) is 13.1 Å². The van der Waals surface area contributed by atoms with Gasteiger partial charge in [0.15, 0.2) is 5.82 Å². The van der Waals surface area contributed by atoms with Gasteiger partial charge in [0, 0.05) is 42.9 Å². The van der Waals surface area contributed by atoms with Gasteiger partial charge in [0.05, 0.1) is 10.9 Å². The van der Waals surface area contributed by atoms with Crippen molar-refractivity contribution < 1.29 is 18.3 Å². The summed E-state index contributed by atoms with van der Waals surface area (Å²) in [7, 11) is 0. The maximum atomic E-state index is 15.4. The number of rotatable bonds is 4. The molecule has 3 aromatic rings. The van der Waals surface area contributed by atoms with Crippen LogP contribution in [0.25, 0.3) is 22.2 Å². The van der Waals surface area contributed by atoms with Crippen molar-refractivity contribution in [2.45, 2.75) is 38.8 Å². The first kappa shape index (κ1) is 22.6. The Morgan fingerprint density at radius 2 is 1.75 bits per heavy atom. The van der Waals surface area contributed by atoms with Gasteiger partial charge in [-0.25, -0.2) is 18.2 Å². The van der Waals surface area contributed by atoms with Gasteiger partial charge >= 0.3 is 0 Å². The van der Waals surface area contributed by atoms with Gasteiger partial charge in [0.1, 0.15) is 22.9 Å². The number of fused-ring (bicyclic) bond motifs is 1. The minimum absolute atomic E-state index is 0.166. The van der Waals surface area contributed by atoms with Crippen LogP contribution < -0.4 is 0 Å². The van der Waals surface area contributed by atoms with E-state index in [-0.39, 0.29) is 22.1 Å². The van der Waals surface area contributed by atoms with E-state index >= 15 is 8.78 Å². The second kappa shape index (κ2) is 7.74. The lowest BCUT2D eigenvalue weighted by atomic mass is 9.69. The summed E-state index contributed by atoms with van der Waals surface area (Å²) in [5, 5.41) is 11.8. The lowest BCUT2D eigenvalue weighted by molar-refractivity contribution is -0.128. The molecule has 4 nitrogen and oxygen atoms in total. The Hall–Kier alpha value is -2.64. The van der Waals surface area contributed by atoms with Crippen LogP contribution in [-0.4, -0.2) is 38.6 Å². The second-order valence-electron chi connectivity index (χ2n) is 9.42. The van der Waals surface area contributed by atoms with E-state index in [0.29, 0.717) is 24.3 Å². The summed E-state index contributed by atoms with van der Waals surface area (Å²) < 4.78 is 45.2. The molecule has 170 valence electrons. The van der Waals surface area contributed by atoms with E-state index in [1.54, 1.807) is 13.8 Å². The molecule has 0 bridgehead atoms. The van der Waals surface area contributed by atoms with Crippen LogP contribution in [-0.2, 0) is 5.60 Å². The molecule has 1 saturated heterocycles. The monoisotopic (exact) mass is 443 g/mol. The van der Waals surface area contributed by atoms with Crippen molar-refractivity contribution in [1.82, 2.24) is 14.9 Å². The number of hydrogen-bond donors (Lipinski definition) is 2. The minimum Gasteiger partial charge on any atom is -0.384 e. The molecule has 0 amide bonds. The average molecular weight is 444 g/mol. The summed E-state index contributed by atoms with van der Waals surface area (Å²) in [4.78, 5) is 8.92. The predicted molar refractivity (Wildman–Crippen MR) is 119 cm³/mol. The molecule has 7 heteroatoms. The Morgan fingerprint density at radius 1 is 1.16 bits per heavy atom. The molecule has 1 aliphatic rings. The Labute approximate surface area is 185 Å². The lowest BCUT2D eigenvalue weighted by Crippen LogP contribution is -2.59. The summed E-state index contributed by atoms with van der Waals surface area (Å²) in [5.41, 5.74) is -1.52. The molecule has 2 aromatic heterocycles. The van der Waals surface area contributed by atoms with Crippen LogP contribution >= 0.6 is 0 Å². The number of aromatic nitrogens is 2. The quantitative estimate of drug-likeness (QED) is 0.532. The molecule has 0 saturated carbocycles. The number of nitrogens with zero attached hydrogens (tertiary/aromatic N) is 2. The molecule has 3 heterocycles. The number of hydrogen-bond acceptors (Lipinski definition) is 3. The van der Waals surface area contributed by atoms with E-state index in [1.165, 1.54) is 12.3 Å². The van der Waals surface area contributed by atoms with E-state index in [4.69, 9.17) is 0 Å². The molecule has 0 aliphatic carbocycles. The largest absolute Gasteiger partial charge is 0.384 e. The fraction of sp³-hybridized carbons (Fsp3) is 0.400. The standard InChI is InChI=1S/C25H28F3N3O/c1-6-24(4,5)31-12-14(2)25(32,15(3)13-31)22-18(26)9-16(10-19(22)27)17-7-8-29-23-21(17)20(28)11-30-23/h6-11,14-15,32H,1,12-13H2,2-5H3,(H,29,30)/t14-,15+,25-. The number of aliphatic hydroxyl groups is 1. The van der Waals surface area contributed by atoms with Crippen molar-refractivity contribution in [3.63, 3.8) is 0 Å². The van der Waals surface area contributed by atoms with Crippen LogP contribution in [0, 0.1) is 29.3 Å². The summed E-state index contributed by atoms with van der Waals surface area (Å²) in [6, 6.07) is 3.84. The first-order valence-electron chi connectivity index (χ1n) is 10.7. The maximum absolute atomic E-state index is 15.4. The van der Waals surface area contributed by atoms with Gasteiger partial charge in [-0.15, -0.1) is 6.58 Å². The van der Waals surface area contributed by atoms with Gasteiger partial charge in [-0.1, -0.05) is 19.9 Å². The predicted octanol–water partition coefficient (Wildman–Crippen LogP) is 5.39. The van der Waals surface area contributed by atoms with E-state index < -0.39 is 34.9 Å². The molecule has 4 rings (SSSR count).